The summed E-state index contributed by atoms with van der Waals surface area (Å²) in [7, 11) is 1.61. The van der Waals surface area contributed by atoms with Crippen molar-refractivity contribution in [1.29, 1.82) is 0 Å². The van der Waals surface area contributed by atoms with Crippen LogP contribution in [0.25, 0.3) is 0 Å². The van der Waals surface area contributed by atoms with Crippen molar-refractivity contribution in [2.45, 2.75) is 38.5 Å². The Morgan fingerprint density at radius 1 is 1.14 bits per heavy atom. The maximum Gasteiger partial charge on any atom is 0.230 e. The first-order valence-corrected chi connectivity index (χ1v) is 10.0. The van der Waals surface area contributed by atoms with Crippen molar-refractivity contribution in [1.82, 2.24) is 0 Å². The highest BCUT2D eigenvalue weighted by molar-refractivity contribution is 5.99. The number of nitrogens with zero attached hydrogens (tertiary/aromatic N) is 1. The predicted octanol–water partition coefficient (Wildman–Crippen LogP) is 3.96. The molecule has 0 spiro atoms. The number of carbonyl (C=O) groups excluding carboxylic acids is 2. The smallest absolute Gasteiger partial charge is 0.230 e. The zero-order valence-corrected chi connectivity index (χ0v) is 16.2. The van der Waals surface area contributed by atoms with E-state index in [0.29, 0.717) is 0 Å². The third-order valence-corrected chi connectivity index (χ3v) is 5.73. The maximum absolute atomic E-state index is 12.9. The fraction of sp³-hybridized carbons (Fsp3) is 0.391. The summed E-state index contributed by atoms with van der Waals surface area (Å²) in [4.78, 5) is 27.3. The van der Waals surface area contributed by atoms with Crippen molar-refractivity contribution in [3.8, 4) is 5.75 Å². The van der Waals surface area contributed by atoms with Gasteiger partial charge in [0.15, 0.2) is 0 Å². The van der Waals surface area contributed by atoms with Crippen molar-refractivity contribution < 1.29 is 14.3 Å². The highest BCUT2D eigenvalue weighted by Crippen LogP contribution is 2.35. The Kier molecular flexibility index (Phi) is 5.33. The molecule has 2 aromatic carbocycles. The lowest BCUT2D eigenvalue weighted by molar-refractivity contribution is -0.122. The van der Waals surface area contributed by atoms with Gasteiger partial charge in [-0.1, -0.05) is 31.0 Å². The number of hydrogen-bond donors (Lipinski definition) is 1. The highest BCUT2D eigenvalue weighted by atomic mass is 16.5. The molecular formula is C23H26N2O3. The van der Waals surface area contributed by atoms with E-state index in [4.69, 9.17) is 4.74 Å². The van der Waals surface area contributed by atoms with Crippen LogP contribution in [-0.2, 0) is 22.4 Å². The van der Waals surface area contributed by atoms with Crippen LogP contribution in [0, 0.1) is 5.92 Å². The van der Waals surface area contributed by atoms with Gasteiger partial charge in [0.25, 0.3) is 0 Å². The van der Waals surface area contributed by atoms with Crippen LogP contribution in [0.2, 0.25) is 0 Å². The number of methoxy groups -OCH3 is 1. The number of hydrogen-bond acceptors (Lipinski definition) is 3. The second-order valence-electron chi connectivity index (χ2n) is 7.64. The summed E-state index contributed by atoms with van der Waals surface area (Å²) >= 11 is 0. The number of anilines is 2. The second kappa shape index (κ2) is 8.05. The van der Waals surface area contributed by atoms with E-state index < -0.39 is 0 Å². The molecule has 1 fully saturated rings. The predicted molar refractivity (Wildman–Crippen MR) is 110 cm³/mol. The average molecular weight is 378 g/mol. The molecule has 146 valence electrons. The molecule has 1 N–H and O–H groups in total. The first kappa shape index (κ1) is 18.5. The molecule has 2 amide bonds. The molecule has 5 heteroatoms. The molecule has 1 heterocycles. The van der Waals surface area contributed by atoms with E-state index in [1.165, 1.54) is 5.56 Å². The normalized spacial score (nSPS) is 16.1. The summed E-state index contributed by atoms with van der Waals surface area (Å²) in [6.07, 6.45) is 5.46. The molecule has 0 aromatic heterocycles. The molecule has 0 atom stereocenters. The Hall–Kier alpha value is -2.82. The van der Waals surface area contributed by atoms with Gasteiger partial charge in [-0.15, -0.1) is 0 Å². The lowest BCUT2D eigenvalue weighted by Crippen LogP contribution is -2.33. The van der Waals surface area contributed by atoms with Crippen LogP contribution in [0.5, 0.6) is 5.75 Å². The Morgan fingerprint density at radius 3 is 2.75 bits per heavy atom. The van der Waals surface area contributed by atoms with Crippen LogP contribution in [-0.4, -0.2) is 25.5 Å². The van der Waals surface area contributed by atoms with E-state index in [1.54, 1.807) is 7.11 Å². The number of carbonyl (C=O) groups is 2. The zero-order valence-electron chi connectivity index (χ0n) is 16.2. The van der Waals surface area contributed by atoms with Crippen LogP contribution in [0.1, 0.15) is 36.8 Å². The van der Waals surface area contributed by atoms with Gasteiger partial charge in [0, 0.05) is 23.8 Å². The monoisotopic (exact) mass is 378 g/mol. The van der Waals surface area contributed by atoms with Gasteiger partial charge in [-0.2, -0.15) is 0 Å². The van der Waals surface area contributed by atoms with Gasteiger partial charge >= 0.3 is 0 Å². The topological polar surface area (TPSA) is 58.6 Å². The molecule has 4 rings (SSSR count). The molecule has 0 radical (unpaired) electrons. The highest BCUT2D eigenvalue weighted by Gasteiger charge is 2.31. The summed E-state index contributed by atoms with van der Waals surface area (Å²) in [5, 5.41) is 2.97. The minimum atomic E-state index is -0.0835. The fourth-order valence-corrected chi connectivity index (χ4v) is 4.25. The molecule has 28 heavy (non-hydrogen) atoms. The van der Waals surface area contributed by atoms with Crippen LogP contribution < -0.4 is 15.0 Å². The second-order valence-corrected chi connectivity index (χ2v) is 7.64. The van der Waals surface area contributed by atoms with Gasteiger partial charge in [-0.25, -0.2) is 0 Å². The van der Waals surface area contributed by atoms with E-state index >= 15 is 0 Å². The lowest BCUT2D eigenvalue weighted by Gasteiger charge is -2.21. The summed E-state index contributed by atoms with van der Waals surface area (Å²) in [6, 6.07) is 13.4. The minimum Gasteiger partial charge on any atom is -0.497 e. The molecule has 0 saturated heterocycles. The summed E-state index contributed by atoms with van der Waals surface area (Å²) in [5.41, 5.74) is 3.77. The van der Waals surface area contributed by atoms with Crippen LogP contribution in [0.3, 0.4) is 0 Å². The van der Waals surface area contributed by atoms with Gasteiger partial charge in [0.1, 0.15) is 5.75 Å². The molecule has 2 aliphatic rings. The van der Waals surface area contributed by atoms with Crippen molar-refractivity contribution in [3.63, 3.8) is 0 Å². The Balaban J connectivity index is 1.45. The van der Waals surface area contributed by atoms with Gasteiger partial charge in [-0.3, -0.25) is 9.59 Å². The van der Waals surface area contributed by atoms with Crippen molar-refractivity contribution in [2.75, 3.05) is 23.9 Å². The number of ether oxygens (including phenoxy) is 1. The number of rotatable bonds is 5. The SMILES string of the molecule is COc1cccc(CC(=O)Nc2ccc3c(c2)N(C(=O)C2CCCC2)CC3)c1. The van der Waals surface area contributed by atoms with Crippen LogP contribution >= 0.6 is 0 Å². The standard InChI is InChI=1S/C23H26N2O3/c1-28-20-8-4-5-16(13-20)14-22(26)24-19-10-9-17-11-12-25(21(17)15-19)23(27)18-6-2-3-7-18/h4-5,8-10,13,15,18H,2-3,6-7,11-12,14H2,1H3,(H,24,26). The molecule has 1 aliphatic heterocycles. The lowest BCUT2D eigenvalue weighted by atomic mass is 10.1. The average Bonchev–Trinajstić information content (AvgIpc) is 3.37. The summed E-state index contributed by atoms with van der Waals surface area (Å²) in [6.45, 7) is 0.742. The molecular weight excluding hydrogens is 352 g/mol. The maximum atomic E-state index is 12.9. The summed E-state index contributed by atoms with van der Waals surface area (Å²) < 4.78 is 5.21. The largest absolute Gasteiger partial charge is 0.497 e. The van der Waals surface area contributed by atoms with Crippen molar-refractivity contribution in [2.24, 2.45) is 5.92 Å². The fourth-order valence-electron chi connectivity index (χ4n) is 4.25. The van der Waals surface area contributed by atoms with Crippen LogP contribution in [0.15, 0.2) is 42.5 Å². The van der Waals surface area contributed by atoms with Gasteiger partial charge < -0.3 is 15.0 Å². The Labute approximate surface area is 165 Å². The number of amides is 2. The number of fused-ring (bicyclic) bond motifs is 1. The third-order valence-electron chi connectivity index (χ3n) is 5.73. The summed E-state index contributed by atoms with van der Waals surface area (Å²) in [5.74, 6) is 1.07. The van der Waals surface area contributed by atoms with E-state index in [-0.39, 0.29) is 24.2 Å². The molecule has 0 unspecified atom stereocenters. The molecule has 2 aromatic rings. The molecule has 5 nitrogen and oxygen atoms in total. The first-order valence-electron chi connectivity index (χ1n) is 10.0. The van der Waals surface area contributed by atoms with Crippen LogP contribution in [0.4, 0.5) is 11.4 Å². The number of benzene rings is 2. The minimum absolute atomic E-state index is 0.0835. The quantitative estimate of drug-likeness (QED) is 0.857. The van der Waals surface area contributed by atoms with E-state index in [0.717, 1.165) is 61.3 Å². The molecule has 0 bridgehead atoms. The zero-order chi connectivity index (χ0) is 19.5. The van der Waals surface area contributed by atoms with E-state index in [9.17, 15) is 9.59 Å². The molecule has 1 aliphatic carbocycles. The Bertz CT molecular complexity index is 887. The first-order chi connectivity index (χ1) is 13.6. The van der Waals surface area contributed by atoms with Gasteiger partial charge in [0.05, 0.1) is 13.5 Å². The van der Waals surface area contributed by atoms with Gasteiger partial charge in [-0.05, 0) is 54.7 Å². The van der Waals surface area contributed by atoms with Crippen molar-refractivity contribution >= 4 is 23.2 Å². The van der Waals surface area contributed by atoms with Gasteiger partial charge in [0.2, 0.25) is 11.8 Å². The van der Waals surface area contributed by atoms with E-state index in [1.807, 2.05) is 47.4 Å². The third kappa shape index (κ3) is 3.88. The molecule has 1 saturated carbocycles. The van der Waals surface area contributed by atoms with Crippen molar-refractivity contribution in [3.05, 3.63) is 53.6 Å². The number of nitrogens with one attached hydrogen (secondary N) is 1. The Morgan fingerprint density at radius 2 is 1.96 bits per heavy atom. The van der Waals surface area contributed by atoms with E-state index in [2.05, 4.69) is 5.32 Å².